The first kappa shape index (κ1) is 15.5. The highest BCUT2D eigenvalue weighted by molar-refractivity contribution is 7.88. The van der Waals surface area contributed by atoms with Crippen molar-refractivity contribution in [1.29, 1.82) is 5.26 Å². The number of carboxylic acid groups (broad SMARTS) is 1. The van der Waals surface area contributed by atoms with E-state index in [1.807, 2.05) is 6.07 Å². The Bertz CT molecular complexity index is 678. The molecule has 0 bridgehead atoms. The summed E-state index contributed by atoms with van der Waals surface area (Å²) in [5.41, 5.74) is 0.941. The van der Waals surface area contributed by atoms with E-state index in [9.17, 15) is 13.2 Å². The summed E-state index contributed by atoms with van der Waals surface area (Å²) >= 11 is 0. The highest BCUT2D eigenvalue weighted by Gasteiger charge is 2.32. The predicted molar refractivity (Wildman–Crippen MR) is 75.7 cm³/mol. The topological polar surface area (TPSA) is 98.5 Å². The van der Waals surface area contributed by atoms with Gasteiger partial charge in [-0.3, -0.25) is 4.79 Å². The van der Waals surface area contributed by atoms with Crippen molar-refractivity contribution < 1.29 is 18.3 Å². The van der Waals surface area contributed by atoms with Gasteiger partial charge in [-0.15, -0.1) is 0 Å². The number of aliphatic carboxylic acids is 1. The normalized spacial score (nSPS) is 19.9. The molecule has 21 heavy (non-hydrogen) atoms. The van der Waals surface area contributed by atoms with Crippen LogP contribution in [0.2, 0.25) is 0 Å². The zero-order valence-corrected chi connectivity index (χ0v) is 12.2. The summed E-state index contributed by atoms with van der Waals surface area (Å²) in [4.78, 5) is 11.0. The van der Waals surface area contributed by atoms with Crippen molar-refractivity contribution in [3.8, 4) is 6.07 Å². The van der Waals surface area contributed by atoms with E-state index in [0.29, 0.717) is 30.5 Å². The molecule has 1 aliphatic heterocycles. The first-order chi connectivity index (χ1) is 9.92. The number of rotatable bonds is 4. The van der Waals surface area contributed by atoms with Crippen molar-refractivity contribution in [2.45, 2.75) is 18.6 Å². The van der Waals surface area contributed by atoms with Crippen LogP contribution in [0.1, 0.15) is 24.0 Å². The Morgan fingerprint density at radius 1 is 1.48 bits per heavy atom. The second-order valence-corrected chi connectivity index (χ2v) is 7.07. The number of carboxylic acids is 1. The van der Waals surface area contributed by atoms with Crippen LogP contribution in [0.25, 0.3) is 0 Å². The van der Waals surface area contributed by atoms with Gasteiger partial charge in [-0.05, 0) is 30.5 Å². The summed E-state index contributed by atoms with van der Waals surface area (Å²) in [6.07, 6.45) is 1.06. The van der Waals surface area contributed by atoms with Crippen molar-refractivity contribution in [3.05, 3.63) is 35.4 Å². The number of benzene rings is 1. The molecular weight excluding hydrogens is 292 g/mol. The molecule has 0 aliphatic carbocycles. The van der Waals surface area contributed by atoms with E-state index in [1.165, 1.54) is 10.4 Å². The standard InChI is InChI=1S/C14H16N2O4S/c15-8-11-3-1-4-12(7-11)10-21(19,20)16-6-2-5-13(9-16)14(17)18/h1,3-4,7,13H,2,5-6,9-10H2,(H,17,18)/t13-/m0/s1. The van der Waals surface area contributed by atoms with Crippen LogP contribution in [-0.4, -0.2) is 36.9 Å². The Balaban J connectivity index is 2.14. The predicted octanol–water partition coefficient (Wildman–Crippen LogP) is 1.18. The van der Waals surface area contributed by atoms with Crippen molar-refractivity contribution in [2.75, 3.05) is 13.1 Å². The number of hydrogen-bond acceptors (Lipinski definition) is 4. The fourth-order valence-electron chi connectivity index (χ4n) is 2.43. The summed E-state index contributed by atoms with van der Waals surface area (Å²) in [6.45, 7) is 0.375. The minimum absolute atomic E-state index is 0.0234. The molecule has 0 unspecified atom stereocenters. The van der Waals surface area contributed by atoms with E-state index < -0.39 is 21.9 Å². The second kappa shape index (κ2) is 6.24. The molecule has 112 valence electrons. The number of sulfonamides is 1. The van der Waals surface area contributed by atoms with Crippen LogP contribution >= 0.6 is 0 Å². The molecule has 0 saturated carbocycles. The van der Waals surface area contributed by atoms with Gasteiger partial charge in [0.05, 0.1) is 23.3 Å². The quantitative estimate of drug-likeness (QED) is 0.900. The van der Waals surface area contributed by atoms with Crippen LogP contribution in [0.5, 0.6) is 0 Å². The average Bonchev–Trinajstić information content (AvgIpc) is 2.47. The summed E-state index contributed by atoms with van der Waals surface area (Å²) in [6, 6.07) is 8.40. The molecule has 1 aliphatic rings. The number of nitrogens with zero attached hydrogens (tertiary/aromatic N) is 2. The maximum absolute atomic E-state index is 12.4. The van der Waals surface area contributed by atoms with Crippen LogP contribution < -0.4 is 0 Å². The number of nitriles is 1. The SMILES string of the molecule is N#Cc1cccc(CS(=O)(=O)N2CCC[C@H](C(=O)O)C2)c1. The molecule has 1 saturated heterocycles. The smallest absolute Gasteiger partial charge is 0.307 e. The highest BCUT2D eigenvalue weighted by Crippen LogP contribution is 2.21. The van der Waals surface area contributed by atoms with Gasteiger partial charge >= 0.3 is 5.97 Å². The molecule has 1 N–H and O–H groups in total. The van der Waals surface area contributed by atoms with Crippen molar-refractivity contribution >= 4 is 16.0 Å². The van der Waals surface area contributed by atoms with E-state index in [0.717, 1.165) is 0 Å². The fourth-order valence-corrected chi connectivity index (χ4v) is 4.03. The molecule has 1 aromatic rings. The van der Waals surface area contributed by atoms with E-state index >= 15 is 0 Å². The van der Waals surface area contributed by atoms with Crippen molar-refractivity contribution in [1.82, 2.24) is 4.31 Å². The van der Waals surface area contributed by atoms with Crippen molar-refractivity contribution in [3.63, 3.8) is 0 Å². The summed E-state index contributed by atoms with van der Waals surface area (Å²) < 4.78 is 26.0. The van der Waals surface area contributed by atoms with E-state index in [4.69, 9.17) is 10.4 Å². The zero-order valence-electron chi connectivity index (χ0n) is 11.4. The third-order valence-electron chi connectivity index (χ3n) is 3.53. The lowest BCUT2D eigenvalue weighted by Gasteiger charge is -2.29. The maximum Gasteiger partial charge on any atom is 0.307 e. The summed E-state index contributed by atoms with van der Waals surface area (Å²) in [5.74, 6) is -1.81. The fraction of sp³-hybridized carbons (Fsp3) is 0.429. The van der Waals surface area contributed by atoms with Crippen LogP contribution in [0, 0.1) is 17.2 Å². The van der Waals surface area contributed by atoms with Gasteiger partial charge in [0.25, 0.3) is 0 Å². The average molecular weight is 308 g/mol. The number of hydrogen-bond donors (Lipinski definition) is 1. The van der Waals surface area contributed by atoms with Gasteiger partial charge in [0.15, 0.2) is 0 Å². The largest absolute Gasteiger partial charge is 0.481 e. The van der Waals surface area contributed by atoms with Crippen LogP contribution in [-0.2, 0) is 20.6 Å². The van der Waals surface area contributed by atoms with Crippen LogP contribution in [0.3, 0.4) is 0 Å². The zero-order chi connectivity index (χ0) is 15.5. The minimum Gasteiger partial charge on any atom is -0.481 e. The third kappa shape index (κ3) is 3.80. The Morgan fingerprint density at radius 2 is 2.24 bits per heavy atom. The lowest BCUT2D eigenvalue weighted by atomic mass is 10.0. The number of carbonyl (C=O) groups is 1. The molecule has 1 atom stereocenters. The minimum atomic E-state index is -3.57. The Morgan fingerprint density at radius 3 is 2.90 bits per heavy atom. The second-order valence-electron chi connectivity index (χ2n) is 5.10. The van der Waals surface area contributed by atoms with E-state index in [1.54, 1.807) is 18.2 Å². The first-order valence-electron chi connectivity index (χ1n) is 6.62. The monoisotopic (exact) mass is 308 g/mol. The van der Waals surface area contributed by atoms with E-state index in [2.05, 4.69) is 0 Å². The summed E-state index contributed by atoms with van der Waals surface area (Å²) in [7, 11) is -3.57. The molecule has 2 rings (SSSR count). The maximum atomic E-state index is 12.4. The molecule has 0 spiro atoms. The van der Waals surface area contributed by atoms with Gasteiger partial charge in [-0.1, -0.05) is 12.1 Å². The van der Waals surface area contributed by atoms with Gasteiger partial charge < -0.3 is 5.11 Å². The third-order valence-corrected chi connectivity index (χ3v) is 5.35. The van der Waals surface area contributed by atoms with E-state index in [-0.39, 0.29) is 12.3 Å². The molecule has 0 amide bonds. The van der Waals surface area contributed by atoms with Gasteiger partial charge in [-0.25, -0.2) is 12.7 Å². The lowest BCUT2D eigenvalue weighted by molar-refractivity contribution is -0.142. The first-order valence-corrected chi connectivity index (χ1v) is 8.23. The Kier molecular flexibility index (Phi) is 4.60. The molecule has 1 fully saturated rings. The molecule has 1 heterocycles. The van der Waals surface area contributed by atoms with Gasteiger partial charge in [0.2, 0.25) is 10.0 Å². The molecule has 0 aromatic heterocycles. The Labute approximate surface area is 123 Å². The molecule has 6 nitrogen and oxygen atoms in total. The molecule has 1 aromatic carbocycles. The van der Waals surface area contributed by atoms with Gasteiger partial charge in [-0.2, -0.15) is 5.26 Å². The van der Waals surface area contributed by atoms with Crippen LogP contribution in [0.4, 0.5) is 0 Å². The van der Waals surface area contributed by atoms with Crippen LogP contribution in [0.15, 0.2) is 24.3 Å². The summed E-state index contributed by atoms with van der Waals surface area (Å²) in [5, 5.41) is 17.9. The van der Waals surface area contributed by atoms with Crippen molar-refractivity contribution in [2.24, 2.45) is 5.92 Å². The number of piperidine rings is 1. The molecular formula is C14H16N2O4S. The lowest BCUT2D eigenvalue weighted by Crippen LogP contribution is -2.42. The van der Waals surface area contributed by atoms with Gasteiger partial charge in [0, 0.05) is 13.1 Å². The molecule has 0 radical (unpaired) electrons. The molecule has 7 heteroatoms. The Hall–Kier alpha value is -1.91. The highest BCUT2D eigenvalue weighted by atomic mass is 32.2. The van der Waals surface area contributed by atoms with Gasteiger partial charge in [0.1, 0.15) is 0 Å².